The van der Waals surface area contributed by atoms with Crippen LogP contribution in [-0.2, 0) is 13.7 Å². The van der Waals surface area contributed by atoms with E-state index in [2.05, 4.69) is 141 Å². The predicted octanol–water partition coefficient (Wildman–Crippen LogP) is 5.60. The van der Waals surface area contributed by atoms with Gasteiger partial charge in [-0.05, 0) is 53.8 Å². The van der Waals surface area contributed by atoms with Crippen molar-refractivity contribution in [1.29, 1.82) is 0 Å². The second-order valence-corrected chi connectivity index (χ2v) is 12.4. The summed E-state index contributed by atoms with van der Waals surface area (Å²) in [6.45, 7) is 6.33. The van der Waals surface area contributed by atoms with Gasteiger partial charge in [0.15, 0.2) is 0 Å². The molecule has 0 N–H and O–H groups in total. The molecule has 3 atom stereocenters. The van der Waals surface area contributed by atoms with Crippen molar-refractivity contribution in [3.05, 3.63) is 89.5 Å². The van der Waals surface area contributed by atoms with Crippen LogP contribution in [0.1, 0.15) is 51.9 Å². The van der Waals surface area contributed by atoms with Crippen molar-refractivity contribution in [2.75, 3.05) is 0 Å². The molecule has 3 unspecified atom stereocenters. The van der Waals surface area contributed by atoms with E-state index in [-0.39, 0.29) is 14.5 Å². The van der Waals surface area contributed by atoms with Gasteiger partial charge in [-0.15, -0.1) is 0 Å². The van der Waals surface area contributed by atoms with Crippen molar-refractivity contribution in [2.45, 2.75) is 35.3 Å². The van der Waals surface area contributed by atoms with Gasteiger partial charge in [0, 0.05) is 14.5 Å². The highest BCUT2D eigenvalue weighted by Gasteiger charge is 2.43. The second-order valence-electron chi connectivity index (χ2n) is 8.25. The summed E-state index contributed by atoms with van der Waals surface area (Å²) in [5, 5.41) is 0. The monoisotopic (exact) mass is 630 g/mol. The van der Waals surface area contributed by atoms with Crippen molar-refractivity contribution in [2.24, 2.45) is 0 Å². The Hall–Kier alpha value is -0.825. The number of hydrogen-bond donors (Lipinski definition) is 0. The lowest BCUT2D eigenvalue weighted by Crippen LogP contribution is -2.61. The molecule has 0 spiro atoms. The maximum Gasteiger partial charge on any atom is 0.467 e. The zero-order chi connectivity index (χ0) is 23.5. The van der Waals surface area contributed by atoms with Crippen molar-refractivity contribution >= 4 is 85.5 Å². The summed E-state index contributed by atoms with van der Waals surface area (Å²) in [5.74, 6) is 0. The Bertz CT molecular complexity index is 903. The topological polar surface area (TPSA) is 27.7 Å². The highest BCUT2D eigenvalue weighted by Crippen LogP contribution is 2.23. The largest absolute Gasteiger partial charge is 0.467 e. The summed E-state index contributed by atoms with van der Waals surface area (Å²) < 4.78 is 18.9. The average Bonchev–Trinajstić information content (AvgIpc) is 2.84. The Balaban J connectivity index is 1.63. The quantitative estimate of drug-likeness (QED) is 0.262. The summed E-state index contributed by atoms with van der Waals surface area (Å²) in [5.41, 5.74) is 6.50. The van der Waals surface area contributed by atoms with Gasteiger partial charge in [0.2, 0.25) is 0 Å². The van der Waals surface area contributed by atoms with Crippen LogP contribution >= 0.6 is 47.8 Å². The van der Waals surface area contributed by atoms with Crippen LogP contribution in [0.4, 0.5) is 0 Å². The molecule has 3 aromatic carbocycles. The highest BCUT2D eigenvalue weighted by atomic mass is 79.9. The van der Waals surface area contributed by atoms with Gasteiger partial charge in [-0.3, -0.25) is 0 Å². The summed E-state index contributed by atoms with van der Waals surface area (Å²) in [6, 6.07) is 24.9. The molecule has 3 nitrogen and oxygen atoms in total. The number of rotatable bonds is 6. The Morgan fingerprint density at radius 1 is 0.455 bits per heavy atom. The Labute approximate surface area is 222 Å². The maximum absolute atomic E-state index is 6.30. The molecule has 9 heteroatoms. The van der Waals surface area contributed by atoms with Gasteiger partial charge in [-0.2, -0.15) is 0 Å². The number of benzene rings is 3. The van der Waals surface area contributed by atoms with E-state index in [1.165, 1.54) is 16.7 Å². The fourth-order valence-corrected chi connectivity index (χ4v) is 4.58. The molecule has 4 rings (SSSR count). The maximum atomic E-state index is 6.30. The first-order valence-corrected chi connectivity index (χ1v) is 13.7. The molecule has 1 heterocycles. The molecule has 0 radical (unpaired) electrons. The van der Waals surface area contributed by atoms with Gasteiger partial charge in [0.25, 0.3) is 0 Å². The van der Waals surface area contributed by atoms with Crippen LogP contribution in [0.5, 0.6) is 0 Å². The first kappa shape index (κ1) is 25.3. The molecule has 33 heavy (non-hydrogen) atoms. The number of alkyl halides is 3. The molecule has 0 saturated carbocycles. The van der Waals surface area contributed by atoms with Crippen molar-refractivity contribution in [1.82, 2.24) is 0 Å². The molecule has 1 aliphatic heterocycles. The van der Waals surface area contributed by atoms with E-state index in [0.29, 0.717) is 0 Å². The van der Waals surface area contributed by atoms with Gasteiger partial charge in [-0.1, -0.05) is 121 Å². The molecule has 1 fully saturated rings. The Morgan fingerprint density at radius 2 is 0.667 bits per heavy atom. The third-order valence-electron chi connectivity index (χ3n) is 5.75. The van der Waals surface area contributed by atoms with Crippen LogP contribution in [-0.4, -0.2) is 21.4 Å². The van der Waals surface area contributed by atoms with E-state index in [0.717, 1.165) is 16.4 Å². The standard InChI is InChI=1S/C24H24B3Br3O3/c1-16(28)19-4-10-22(11-5-19)25-31-26(23-12-6-20(7-13-23)17(2)29)33-27(32-25)24-14-8-21(9-15-24)18(3)30/h4-18H,1-3H3. The Kier molecular flexibility index (Phi) is 8.64. The zero-order valence-corrected chi connectivity index (χ0v) is 23.5. The Morgan fingerprint density at radius 3 is 0.848 bits per heavy atom. The smallest absolute Gasteiger partial charge is 0.445 e. The minimum atomic E-state index is -0.544. The van der Waals surface area contributed by atoms with Crippen LogP contribution in [0, 0.1) is 0 Å². The molecule has 0 aromatic heterocycles. The van der Waals surface area contributed by atoms with E-state index in [4.69, 9.17) is 13.7 Å². The van der Waals surface area contributed by atoms with Crippen LogP contribution in [0.25, 0.3) is 0 Å². The molecule has 1 aliphatic rings. The molecule has 168 valence electrons. The first-order chi connectivity index (χ1) is 15.8. The van der Waals surface area contributed by atoms with E-state index < -0.39 is 21.4 Å². The summed E-state index contributed by atoms with van der Waals surface area (Å²) in [7, 11) is -1.63. The average molecular weight is 633 g/mol. The van der Waals surface area contributed by atoms with Gasteiger partial charge in [0.05, 0.1) is 0 Å². The van der Waals surface area contributed by atoms with Crippen molar-refractivity contribution in [3.63, 3.8) is 0 Å². The van der Waals surface area contributed by atoms with Gasteiger partial charge in [-0.25, -0.2) is 0 Å². The lowest BCUT2D eigenvalue weighted by atomic mass is 9.61. The summed E-state index contributed by atoms with van der Waals surface area (Å²) in [6.07, 6.45) is 0. The molecule has 0 aliphatic carbocycles. The van der Waals surface area contributed by atoms with Crippen LogP contribution in [0.2, 0.25) is 0 Å². The van der Waals surface area contributed by atoms with Crippen molar-refractivity contribution < 1.29 is 13.7 Å². The number of hydrogen-bond acceptors (Lipinski definition) is 3. The third-order valence-corrected chi connectivity index (χ3v) is 7.33. The van der Waals surface area contributed by atoms with Gasteiger partial charge >= 0.3 is 21.4 Å². The minimum absolute atomic E-state index is 0.286. The molecule has 0 bridgehead atoms. The summed E-state index contributed by atoms with van der Waals surface area (Å²) in [4.78, 5) is 0.859. The SMILES string of the molecule is CC(Br)c1ccc(B2OB(c3ccc(C(C)Br)cc3)OB(c3ccc(C(C)Br)cc3)O2)cc1. The molecular formula is C24H24B3Br3O3. The van der Waals surface area contributed by atoms with Crippen LogP contribution in [0.15, 0.2) is 72.8 Å². The minimum Gasteiger partial charge on any atom is -0.445 e. The lowest BCUT2D eigenvalue weighted by molar-refractivity contribution is 0.308. The number of halogens is 3. The van der Waals surface area contributed by atoms with Crippen LogP contribution < -0.4 is 16.4 Å². The predicted molar refractivity (Wildman–Crippen MR) is 151 cm³/mol. The second kappa shape index (κ2) is 11.3. The molecule has 3 aromatic rings. The molecule has 1 saturated heterocycles. The molecule has 0 amide bonds. The van der Waals surface area contributed by atoms with Crippen molar-refractivity contribution in [3.8, 4) is 0 Å². The molecular weight excluding hydrogens is 608 g/mol. The van der Waals surface area contributed by atoms with E-state index in [1.54, 1.807) is 0 Å². The highest BCUT2D eigenvalue weighted by molar-refractivity contribution is 9.09. The summed E-state index contributed by atoms with van der Waals surface area (Å²) >= 11 is 10.9. The normalized spacial score (nSPS) is 17.1. The fourth-order valence-electron chi connectivity index (χ4n) is 3.66. The first-order valence-electron chi connectivity index (χ1n) is 11.0. The zero-order valence-electron chi connectivity index (χ0n) is 18.8. The van der Waals surface area contributed by atoms with E-state index in [9.17, 15) is 0 Å². The van der Waals surface area contributed by atoms with E-state index in [1.807, 2.05) is 0 Å². The van der Waals surface area contributed by atoms with Gasteiger partial charge < -0.3 is 13.7 Å². The fraction of sp³-hybridized carbons (Fsp3) is 0.250. The van der Waals surface area contributed by atoms with Crippen LogP contribution in [0.3, 0.4) is 0 Å². The third kappa shape index (κ3) is 6.25. The van der Waals surface area contributed by atoms with Gasteiger partial charge in [0.1, 0.15) is 0 Å². The lowest BCUT2D eigenvalue weighted by Gasteiger charge is -2.31. The van der Waals surface area contributed by atoms with E-state index >= 15 is 0 Å².